The lowest BCUT2D eigenvalue weighted by atomic mass is 10.2. The molecule has 0 unspecified atom stereocenters. The van der Waals surface area contributed by atoms with E-state index >= 15 is 0 Å². The van der Waals surface area contributed by atoms with Crippen LogP contribution in [0.5, 0.6) is 5.75 Å². The molecule has 0 radical (unpaired) electrons. The second-order valence-corrected chi connectivity index (χ2v) is 5.57. The SMILES string of the molecule is COC1=CC(c2ccc[nH]2)=N/C1=C/c1[nH]c(-c2ccc[nH]2)cc1OC. The summed E-state index contributed by atoms with van der Waals surface area (Å²) >= 11 is 0. The molecular formula is C19H18N4O2. The van der Waals surface area contributed by atoms with Crippen LogP contribution in [0.1, 0.15) is 11.4 Å². The molecule has 0 atom stereocenters. The largest absolute Gasteiger partial charge is 0.494 e. The number of aromatic amines is 3. The Morgan fingerprint density at radius 3 is 2.36 bits per heavy atom. The van der Waals surface area contributed by atoms with Gasteiger partial charge >= 0.3 is 0 Å². The number of rotatable bonds is 5. The molecule has 126 valence electrons. The highest BCUT2D eigenvalue weighted by molar-refractivity contribution is 6.11. The first-order valence-electron chi connectivity index (χ1n) is 7.89. The fraction of sp³-hybridized carbons (Fsp3) is 0.105. The van der Waals surface area contributed by atoms with Gasteiger partial charge in [-0.25, -0.2) is 4.99 Å². The van der Waals surface area contributed by atoms with E-state index in [1.807, 2.05) is 54.9 Å². The number of hydrogen-bond acceptors (Lipinski definition) is 3. The van der Waals surface area contributed by atoms with Gasteiger partial charge in [-0.15, -0.1) is 0 Å². The summed E-state index contributed by atoms with van der Waals surface area (Å²) in [6.45, 7) is 0. The van der Waals surface area contributed by atoms with Crippen LogP contribution in [0.15, 0.2) is 65.3 Å². The number of nitrogens with zero attached hydrogens (tertiary/aromatic N) is 1. The van der Waals surface area contributed by atoms with Crippen molar-refractivity contribution in [1.82, 2.24) is 15.0 Å². The minimum absolute atomic E-state index is 0.711. The van der Waals surface area contributed by atoms with Gasteiger partial charge in [-0.05, 0) is 30.3 Å². The molecule has 3 aromatic rings. The van der Waals surface area contributed by atoms with Crippen molar-refractivity contribution in [3.8, 4) is 17.1 Å². The van der Waals surface area contributed by atoms with Crippen molar-refractivity contribution in [3.63, 3.8) is 0 Å². The Morgan fingerprint density at radius 1 is 0.960 bits per heavy atom. The molecular weight excluding hydrogens is 316 g/mol. The van der Waals surface area contributed by atoms with Crippen molar-refractivity contribution in [2.75, 3.05) is 14.2 Å². The molecule has 1 aliphatic rings. The van der Waals surface area contributed by atoms with Gasteiger partial charge in [0, 0.05) is 24.5 Å². The number of ether oxygens (including phenoxy) is 2. The normalized spacial score (nSPS) is 15.4. The second kappa shape index (κ2) is 6.24. The number of hydrogen-bond donors (Lipinski definition) is 3. The zero-order valence-corrected chi connectivity index (χ0v) is 14.0. The highest BCUT2D eigenvalue weighted by atomic mass is 16.5. The van der Waals surface area contributed by atoms with Crippen LogP contribution in [-0.4, -0.2) is 34.9 Å². The van der Waals surface area contributed by atoms with Gasteiger partial charge in [0.25, 0.3) is 0 Å². The summed E-state index contributed by atoms with van der Waals surface area (Å²) in [5.74, 6) is 1.46. The molecule has 1 aliphatic heterocycles. The second-order valence-electron chi connectivity index (χ2n) is 5.57. The third-order valence-corrected chi connectivity index (χ3v) is 4.05. The van der Waals surface area contributed by atoms with Gasteiger partial charge in [-0.1, -0.05) is 0 Å². The molecule has 0 bridgehead atoms. The van der Waals surface area contributed by atoms with Gasteiger partial charge in [0.15, 0.2) is 0 Å². The van der Waals surface area contributed by atoms with E-state index in [1.165, 1.54) is 0 Å². The molecule has 6 heteroatoms. The summed E-state index contributed by atoms with van der Waals surface area (Å²) in [4.78, 5) is 14.4. The van der Waals surface area contributed by atoms with Crippen molar-refractivity contribution in [2.24, 2.45) is 4.99 Å². The van der Waals surface area contributed by atoms with Crippen molar-refractivity contribution < 1.29 is 9.47 Å². The van der Waals surface area contributed by atoms with Crippen LogP contribution in [-0.2, 0) is 4.74 Å². The fourth-order valence-electron chi connectivity index (χ4n) is 2.82. The molecule has 4 rings (SSSR count). The molecule has 6 nitrogen and oxygen atoms in total. The Bertz CT molecular complexity index is 957. The number of aliphatic imine (C=N–C) groups is 1. The molecule has 25 heavy (non-hydrogen) atoms. The summed E-state index contributed by atoms with van der Waals surface area (Å²) in [5, 5.41) is 0. The quantitative estimate of drug-likeness (QED) is 0.665. The average molecular weight is 334 g/mol. The van der Waals surface area contributed by atoms with Gasteiger partial charge in [0.1, 0.15) is 17.2 Å². The van der Waals surface area contributed by atoms with Gasteiger partial charge in [0.2, 0.25) is 0 Å². The zero-order chi connectivity index (χ0) is 17.2. The van der Waals surface area contributed by atoms with E-state index in [2.05, 4.69) is 19.9 Å². The molecule has 4 heterocycles. The maximum Gasteiger partial charge on any atom is 0.146 e. The first-order valence-corrected chi connectivity index (χ1v) is 7.89. The maximum absolute atomic E-state index is 5.50. The topological polar surface area (TPSA) is 78.2 Å². The fourth-order valence-corrected chi connectivity index (χ4v) is 2.82. The minimum atomic E-state index is 0.711. The van der Waals surface area contributed by atoms with Crippen LogP contribution in [0.2, 0.25) is 0 Å². The minimum Gasteiger partial charge on any atom is -0.494 e. The van der Waals surface area contributed by atoms with Crippen molar-refractivity contribution in [2.45, 2.75) is 0 Å². The maximum atomic E-state index is 5.50. The lowest BCUT2D eigenvalue weighted by molar-refractivity contribution is 0.303. The predicted molar refractivity (Wildman–Crippen MR) is 97.5 cm³/mol. The van der Waals surface area contributed by atoms with E-state index in [1.54, 1.807) is 14.2 Å². The number of aromatic nitrogens is 3. The summed E-state index contributed by atoms with van der Waals surface area (Å²) < 4.78 is 11.0. The van der Waals surface area contributed by atoms with E-state index in [9.17, 15) is 0 Å². The smallest absolute Gasteiger partial charge is 0.146 e. The number of H-pyrrole nitrogens is 3. The van der Waals surface area contributed by atoms with E-state index in [-0.39, 0.29) is 0 Å². The van der Waals surface area contributed by atoms with Gasteiger partial charge in [0.05, 0.1) is 42.7 Å². The first kappa shape index (κ1) is 15.1. The van der Waals surface area contributed by atoms with Crippen LogP contribution in [0.4, 0.5) is 0 Å². The Morgan fingerprint density at radius 2 is 1.72 bits per heavy atom. The number of methoxy groups -OCH3 is 2. The zero-order valence-electron chi connectivity index (χ0n) is 14.0. The Kier molecular flexibility index (Phi) is 3.78. The summed E-state index contributed by atoms with van der Waals surface area (Å²) in [7, 11) is 3.29. The van der Waals surface area contributed by atoms with E-state index in [0.717, 1.165) is 39.9 Å². The molecule has 0 saturated heterocycles. The van der Waals surface area contributed by atoms with E-state index in [0.29, 0.717) is 5.76 Å². The predicted octanol–water partition coefficient (Wildman–Crippen LogP) is 3.72. The van der Waals surface area contributed by atoms with Gasteiger partial charge < -0.3 is 24.4 Å². The van der Waals surface area contributed by atoms with Crippen molar-refractivity contribution >= 4 is 11.8 Å². The monoisotopic (exact) mass is 334 g/mol. The summed E-state index contributed by atoms with van der Waals surface area (Å²) in [5.41, 5.74) is 5.30. The summed E-state index contributed by atoms with van der Waals surface area (Å²) in [6.07, 6.45) is 7.60. The molecule has 0 fully saturated rings. The molecule has 0 saturated carbocycles. The highest BCUT2D eigenvalue weighted by Gasteiger charge is 2.18. The van der Waals surface area contributed by atoms with Gasteiger partial charge in [-0.3, -0.25) is 0 Å². The standard InChI is InChI=1S/C19H18N4O2/c1-24-18-10-14(12-5-3-7-20-12)22-16(18)9-17-19(25-2)11-15(23-17)13-6-4-8-21-13/h3-11,20-22H,1-2H3/b17-9+. The van der Waals surface area contributed by atoms with Crippen LogP contribution in [0.3, 0.4) is 0 Å². The number of allylic oxidation sites excluding steroid dienone is 1. The Balaban J connectivity index is 1.74. The third-order valence-electron chi connectivity index (χ3n) is 4.05. The Hall–Kier alpha value is -3.41. The average Bonchev–Trinajstić information content (AvgIpc) is 3.40. The molecule has 3 N–H and O–H groups in total. The van der Waals surface area contributed by atoms with Crippen molar-refractivity contribution in [3.05, 3.63) is 71.6 Å². The first-order chi connectivity index (χ1) is 12.3. The molecule has 0 aromatic carbocycles. The van der Waals surface area contributed by atoms with Crippen LogP contribution < -0.4 is 4.74 Å². The Labute approximate surface area is 144 Å². The van der Waals surface area contributed by atoms with Crippen LogP contribution in [0.25, 0.3) is 17.5 Å². The van der Waals surface area contributed by atoms with E-state index < -0.39 is 0 Å². The lowest BCUT2D eigenvalue weighted by Crippen LogP contribution is -1.93. The molecule has 0 amide bonds. The highest BCUT2D eigenvalue weighted by Crippen LogP contribution is 2.31. The molecule has 0 spiro atoms. The van der Waals surface area contributed by atoms with Crippen LogP contribution in [0, 0.1) is 0 Å². The number of nitrogens with one attached hydrogen (secondary N) is 3. The summed E-state index contributed by atoms with van der Waals surface area (Å²) in [6, 6.07) is 9.83. The van der Waals surface area contributed by atoms with E-state index in [4.69, 9.17) is 9.47 Å². The third kappa shape index (κ3) is 2.78. The molecule has 0 aliphatic carbocycles. The molecule has 3 aromatic heterocycles. The van der Waals surface area contributed by atoms with Crippen molar-refractivity contribution in [1.29, 1.82) is 0 Å². The van der Waals surface area contributed by atoms with Gasteiger partial charge in [-0.2, -0.15) is 0 Å². The lowest BCUT2D eigenvalue weighted by Gasteiger charge is -2.02. The van der Waals surface area contributed by atoms with Crippen LogP contribution >= 0.6 is 0 Å².